The fourth-order valence-electron chi connectivity index (χ4n) is 4.23. The number of carbonyl (C=O) groups is 1. The van der Waals surface area contributed by atoms with Crippen molar-refractivity contribution in [2.75, 3.05) is 5.32 Å². The molecule has 214 valence electrons. The minimum Gasteiger partial charge on any atom is -0.374 e. The number of oxime groups is 1. The summed E-state index contributed by atoms with van der Waals surface area (Å²) in [5.41, 5.74) is -2.30. The first kappa shape index (κ1) is 29.7. The Balaban J connectivity index is 1.53. The van der Waals surface area contributed by atoms with E-state index in [0.717, 1.165) is 12.1 Å². The Morgan fingerprint density at radius 1 is 1.10 bits per heavy atom. The molecular formula is C25H21Cl2F6N5O2. The van der Waals surface area contributed by atoms with E-state index in [1.54, 1.807) is 13.8 Å². The molecule has 7 nitrogen and oxygen atoms in total. The number of nitrogens with one attached hydrogen (secondary N) is 1. The monoisotopic (exact) mass is 607 g/mol. The molecule has 2 aromatic carbocycles. The number of hydrogen-bond donors (Lipinski definition) is 1. The average molecular weight is 608 g/mol. The van der Waals surface area contributed by atoms with Crippen LogP contribution in [0.3, 0.4) is 0 Å². The average Bonchev–Trinajstić information content (AvgIpc) is 3.46. The summed E-state index contributed by atoms with van der Waals surface area (Å²) in [4.78, 5) is 21.9. The van der Waals surface area contributed by atoms with Gasteiger partial charge in [-0.2, -0.15) is 31.3 Å². The highest BCUT2D eigenvalue weighted by Gasteiger charge is 2.62. The maximum Gasteiger partial charge on any atom is 0.435 e. The quantitative estimate of drug-likeness (QED) is 0.287. The van der Waals surface area contributed by atoms with Gasteiger partial charge in [-0.3, -0.25) is 10.1 Å². The molecule has 0 bridgehead atoms. The Morgan fingerprint density at radius 2 is 1.77 bits per heavy atom. The molecule has 0 fully saturated rings. The van der Waals surface area contributed by atoms with E-state index >= 15 is 0 Å². The van der Waals surface area contributed by atoms with Crippen molar-refractivity contribution in [2.24, 2.45) is 5.16 Å². The number of alkyl halides is 6. The van der Waals surface area contributed by atoms with Crippen LogP contribution >= 0.6 is 23.2 Å². The second-order valence-electron chi connectivity index (χ2n) is 9.06. The normalized spacial score (nSPS) is 17.5. The molecule has 4 rings (SSSR count). The first-order valence-corrected chi connectivity index (χ1v) is 12.6. The van der Waals surface area contributed by atoms with Gasteiger partial charge in [-0.25, -0.2) is 4.68 Å². The molecule has 1 amide bonds. The lowest BCUT2D eigenvalue weighted by atomic mass is 9.86. The highest BCUT2D eigenvalue weighted by atomic mass is 35.5. The van der Waals surface area contributed by atoms with Crippen LogP contribution in [0.4, 0.5) is 32.3 Å². The minimum absolute atomic E-state index is 0.000108. The van der Waals surface area contributed by atoms with Gasteiger partial charge in [-0.1, -0.05) is 34.4 Å². The SMILES string of the molecule is CCn1nc(NC(=O)c2ccc(C3=NOC(c4cc(Cl)cc(Cl)c4)(C(F)(F)F)C3)cc2C)nc1CCC(F)(F)F. The van der Waals surface area contributed by atoms with Gasteiger partial charge in [0.05, 0.1) is 12.1 Å². The van der Waals surface area contributed by atoms with Crippen molar-refractivity contribution in [3.63, 3.8) is 0 Å². The number of rotatable bonds is 7. The zero-order chi connectivity index (χ0) is 29.5. The maximum absolute atomic E-state index is 14.3. The highest BCUT2D eigenvalue weighted by Crippen LogP contribution is 2.49. The molecule has 0 spiro atoms. The first-order valence-electron chi connectivity index (χ1n) is 11.8. The molecular weight excluding hydrogens is 587 g/mol. The van der Waals surface area contributed by atoms with Crippen molar-refractivity contribution < 1.29 is 36.0 Å². The summed E-state index contributed by atoms with van der Waals surface area (Å²) in [6.07, 6.45) is -11.4. The van der Waals surface area contributed by atoms with Gasteiger partial charge in [0.15, 0.2) is 0 Å². The van der Waals surface area contributed by atoms with Crippen LogP contribution in [0.25, 0.3) is 0 Å². The van der Waals surface area contributed by atoms with E-state index in [4.69, 9.17) is 28.0 Å². The predicted octanol–water partition coefficient (Wildman–Crippen LogP) is 7.24. The number of aromatic nitrogens is 3. The van der Waals surface area contributed by atoms with E-state index < -0.39 is 43.1 Å². The second-order valence-corrected chi connectivity index (χ2v) is 9.93. The number of halogens is 8. The molecule has 15 heteroatoms. The number of aryl methyl sites for hydroxylation is 3. The second kappa shape index (κ2) is 10.9. The van der Waals surface area contributed by atoms with Crippen LogP contribution in [0, 0.1) is 6.92 Å². The summed E-state index contributed by atoms with van der Waals surface area (Å²) < 4.78 is 81.9. The molecule has 40 heavy (non-hydrogen) atoms. The van der Waals surface area contributed by atoms with Crippen LogP contribution in [0.5, 0.6) is 0 Å². The van der Waals surface area contributed by atoms with Crippen LogP contribution in [-0.2, 0) is 23.4 Å². The van der Waals surface area contributed by atoms with E-state index in [0.29, 0.717) is 5.56 Å². The van der Waals surface area contributed by atoms with Gasteiger partial charge in [-0.15, -0.1) is 5.10 Å². The first-order chi connectivity index (χ1) is 18.6. The Labute approximate surface area is 234 Å². The van der Waals surface area contributed by atoms with Gasteiger partial charge in [0.1, 0.15) is 5.82 Å². The Morgan fingerprint density at radius 3 is 2.35 bits per heavy atom. The molecule has 0 aliphatic carbocycles. The summed E-state index contributed by atoms with van der Waals surface area (Å²) in [5, 5.41) is 10.2. The lowest BCUT2D eigenvalue weighted by Gasteiger charge is -2.29. The van der Waals surface area contributed by atoms with E-state index in [1.807, 2.05) is 0 Å². The molecule has 0 saturated heterocycles. The van der Waals surface area contributed by atoms with Gasteiger partial charge in [0.2, 0.25) is 5.95 Å². The third kappa shape index (κ3) is 6.20. The summed E-state index contributed by atoms with van der Waals surface area (Å²) in [7, 11) is 0. The topological polar surface area (TPSA) is 81.4 Å². The number of carbonyl (C=O) groups excluding carboxylic acids is 1. The predicted molar refractivity (Wildman–Crippen MR) is 136 cm³/mol. The zero-order valence-corrected chi connectivity index (χ0v) is 22.4. The van der Waals surface area contributed by atoms with Crippen LogP contribution in [0.15, 0.2) is 41.6 Å². The van der Waals surface area contributed by atoms with Crippen molar-refractivity contribution >= 4 is 40.8 Å². The number of anilines is 1. The molecule has 2 heterocycles. The van der Waals surface area contributed by atoms with E-state index in [1.165, 1.54) is 28.9 Å². The molecule has 1 aromatic heterocycles. The fraction of sp³-hybridized carbons (Fsp3) is 0.360. The third-order valence-corrected chi connectivity index (χ3v) is 6.66. The van der Waals surface area contributed by atoms with Crippen molar-refractivity contribution in [2.45, 2.75) is 57.6 Å². The van der Waals surface area contributed by atoms with E-state index in [2.05, 4.69) is 20.6 Å². The molecule has 0 radical (unpaired) electrons. The lowest BCUT2D eigenvalue weighted by Crippen LogP contribution is -2.42. The van der Waals surface area contributed by atoms with Gasteiger partial charge in [0, 0.05) is 40.6 Å². The molecule has 1 aliphatic heterocycles. The van der Waals surface area contributed by atoms with Crippen molar-refractivity contribution in [1.29, 1.82) is 0 Å². The van der Waals surface area contributed by atoms with Crippen LogP contribution in [0.2, 0.25) is 10.0 Å². The summed E-state index contributed by atoms with van der Waals surface area (Å²) in [5.74, 6) is -0.755. The number of benzene rings is 2. The van der Waals surface area contributed by atoms with Gasteiger partial charge in [-0.05, 0) is 55.3 Å². The largest absolute Gasteiger partial charge is 0.435 e. The van der Waals surface area contributed by atoms with E-state index in [-0.39, 0.29) is 50.8 Å². The summed E-state index contributed by atoms with van der Waals surface area (Å²) >= 11 is 11.9. The van der Waals surface area contributed by atoms with Crippen molar-refractivity contribution in [3.05, 3.63) is 74.5 Å². The standard InChI is InChI=1S/C25H21Cl2F6N5O2/c1-3-38-20(6-7-24(28,29)30)34-22(36-38)35-21(39)18-5-4-14(8-13(18)2)19-12-23(40-37-19,25(31,32)33)15-9-16(26)11-17(27)10-15/h4-5,8-11H,3,6-7,12H2,1-2H3,(H,35,36,39). The van der Waals surface area contributed by atoms with Gasteiger partial charge < -0.3 is 4.84 Å². The Bertz CT molecular complexity index is 1450. The zero-order valence-electron chi connectivity index (χ0n) is 20.9. The maximum atomic E-state index is 14.3. The molecule has 1 atom stereocenters. The van der Waals surface area contributed by atoms with Gasteiger partial charge >= 0.3 is 12.4 Å². The Kier molecular flexibility index (Phi) is 8.10. The Hall–Kier alpha value is -3.32. The van der Waals surface area contributed by atoms with Crippen molar-refractivity contribution in [1.82, 2.24) is 14.8 Å². The molecule has 3 aromatic rings. The summed E-state index contributed by atoms with van der Waals surface area (Å²) in [6, 6.07) is 7.79. The molecule has 1 N–H and O–H groups in total. The van der Waals surface area contributed by atoms with Crippen LogP contribution in [0.1, 0.15) is 52.6 Å². The molecule has 1 unspecified atom stereocenters. The highest BCUT2D eigenvalue weighted by molar-refractivity contribution is 6.34. The number of hydrogen-bond acceptors (Lipinski definition) is 5. The number of amides is 1. The van der Waals surface area contributed by atoms with Crippen molar-refractivity contribution in [3.8, 4) is 0 Å². The lowest BCUT2D eigenvalue weighted by molar-refractivity contribution is -0.275. The van der Waals surface area contributed by atoms with Crippen LogP contribution < -0.4 is 5.32 Å². The molecule has 0 saturated carbocycles. The minimum atomic E-state index is -4.87. The third-order valence-electron chi connectivity index (χ3n) is 6.22. The van der Waals surface area contributed by atoms with E-state index in [9.17, 15) is 31.1 Å². The number of nitrogens with zero attached hydrogens (tertiary/aromatic N) is 4. The van der Waals surface area contributed by atoms with Gasteiger partial charge in [0.25, 0.3) is 11.5 Å². The molecule has 1 aliphatic rings. The smallest absolute Gasteiger partial charge is 0.374 e. The summed E-state index contributed by atoms with van der Waals surface area (Å²) in [6.45, 7) is 3.48. The van der Waals surface area contributed by atoms with Crippen LogP contribution in [-0.4, -0.2) is 38.7 Å². The fourth-order valence-corrected chi connectivity index (χ4v) is 4.76.